The summed E-state index contributed by atoms with van der Waals surface area (Å²) in [6.07, 6.45) is 2.45. The molecule has 1 nitrogen and oxygen atoms in total. The van der Waals surface area contributed by atoms with E-state index in [9.17, 15) is 0 Å². The first kappa shape index (κ1) is 15.2. The summed E-state index contributed by atoms with van der Waals surface area (Å²) in [6, 6.07) is 9.33. The third-order valence-electron chi connectivity index (χ3n) is 3.83. The predicted molar refractivity (Wildman–Crippen MR) is 81.0 cm³/mol. The van der Waals surface area contributed by atoms with E-state index in [0.717, 1.165) is 5.92 Å². The van der Waals surface area contributed by atoms with Crippen molar-refractivity contribution in [2.45, 2.75) is 58.9 Å². The van der Waals surface area contributed by atoms with Crippen LogP contribution in [-0.4, -0.2) is 7.05 Å². The molecule has 1 N–H and O–H groups in total. The maximum absolute atomic E-state index is 3.50. The van der Waals surface area contributed by atoms with E-state index in [2.05, 4.69) is 71.2 Å². The Morgan fingerprint density at radius 1 is 1.17 bits per heavy atom. The van der Waals surface area contributed by atoms with E-state index in [1.165, 1.54) is 24.0 Å². The number of rotatable bonds is 5. The maximum Gasteiger partial charge on any atom is 0.0323 e. The summed E-state index contributed by atoms with van der Waals surface area (Å²) in [7, 11) is 2.08. The van der Waals surface area contributed by atoms with Crippen molar-refractivity contribution in [2.75, 3.05) is 7.05 Å². The van der Waals surface area contributed by atoms with Gasteiger partial charge in [0.05, 0.1) is 0 Å². The van der Waals surface area contributed by atoms with E-state index in [1.807, 2.05) is 0 Å². The van der Waals surface area contributed by atoms with E-state index in [4.69, 9.17) is 0 Å². The fourth-order valence-electron chi connectivity index (χ4n) is 2.45. The van der Waals surface area contributed by atoms with Crippen LogP contribution < -0.4 is 5.32 Å². The van der Waals surface area contributed by atoms with Crippen molar-refractivity contribution in [3.05, 3.63) is 35.4 Å². The molecule has 0 amide bonds. The van der Waals surface area contributed by atoms with Gasteiger partial charge in [-0.25, -0.2) is 0 Å². The number of benzene rings is 1. The maximum atomic E-state index is 3.50. The second kappa shape index (κ2) is 6.38. The average Bonchev–Trinajstić information content (AvgIpc) is 2.34. The van der Waals surface area contributed by atoms with Gasteiger partial charge < -0.3 is 5.32 Å². The Balaban J connectivity index is 3.06. The zero-order chi connectivity index (χ0) is 13.8. The van der Waals surface area contributed by atoms with E-state index in [1.54, 1.807) is 0 Å². The molecule has 0 fully saturated rings. The van der Waals surface area contributed by atoms with E-state index in [0.29, 0.717) is 6.04 Å². The molecule has 2 atom stereocenters. The van der Waals surface area contributed by atoms with Crippen molar-refractivity contribution in [1.29, 1.82) is 0 Å². The summed E-state index contributed by atoms with van der Waals surface area (Å²) in [5, 5.41) is 3.50. The number of nitrogens with one attached hydrogen (secondary N) is 1. The molecule has 1 aromatic rings. The van der Waals surface area contributed by atoms with Crippen LogP contribution in [0.2, 0.25) is 0 Å². The molecule has 1 rings (SSSR count). The molecule has 18 heavy (non-hydrogen) atoms. The molecule has 1 heteroatoms. The molecule has 0 saturated carbocycles. The zero-order valence-corrected chi connectivity index (χ0v) is 12.9. The Morgan fingerprint density at radius 2 is 1.78 bits per heavy atom. The highest BCUT2D eigenvalue weighted by molar-refractivity contribution is 5.35. The number of hydrogen-bond donors (Lipinski definition) is 1. The van der Waals surface area contributed by atoms with Crippen LogP contribution in [0.1, 0.15) is 64.6 Å². The van der Waals surface area contributed by atoms with Crippen molar-refractivity contribution in [3.8, 4) is 0 Å². The molecule has 0 spiro atoms. The van der Waals surface area contributed by atoms with Gasteiger partial charge in [0.15, 0.2) is 0 Å². The molecule has 0 radical (unpaired) electrons. The number of hydrogen-bond acceptors (Lipinski definition) is 1. The molecule has 102 valence electrons. The molecule has 0 heterocycles. The molecule has 2 unspecified atom stereocenters. The predicted octanol–water partition coefficient (Wildman–Crippen LogP) is 4.68. The van der Waals surface area contributed by atoms with Crippen LogP contribution in [0.5, 0.6) is 0 Å². The van der Waals surface area contributed by atoms with Crippen LogP contribution in [0, 0.1) is 5.92 Å². The molecule has 0 aliphatic carbocycles. The molecule has 0 aliphatic heterocycles. The van der Waals surface area contributed by atoms with Gasteiger partial charge in [-0.05, 0) is 35.9 Å². The third kappa shape index (κ3) is 3.84. The fraction of sp³-hybridized carbons (Fsp3) is 0.647. The van der Waals surface area contributed by atoms with E-state index >= 15 is 0 Å². The molecule has 1 aromatic carbocycles. The summed E-state index contributed by atoms with van der Waals surface area (Å²) in [4.78, 5) is 0. The molecule has 0 saturated heterocycles. The van der Waals surface area contributed by atoms with E-state index in [-0.39, 0.29) is 5.41 Å². The SMILES string of the molecule is CCC(C)CC(NC)c1ccccc1C(C)(C)C. The van der Waals surface area contributed by atoms with Crippen LogP contribution in [-0.2, 0) is 5.41 Å². The second-order valence-corrected chi connectivity index (χ2v) is 6.43. The summed E-state index contributed by atoms with van der Waals surface area (Å²) in [5.41, 5.74) is 3.14. The lowest BCUT2D eigenvalue weighted by Gasteiger charge is -2.28. The Bertz CT molecular complexity index is 362. The average molecular weight is 247 g/mol. The molecule has 0 bridgehead atoms. The Labute approximate surface area is 113 Å². The lowest BCUT2D eigenvalue weighted by molar-refractivity contribution is 0.415. The van der Waals surface area contributed by atoms with Crippen molar-refractivity contribution >= 4 is 0 Å². The van der Waals surface area contributed by atoms with Gasteiger partial charge in [0.25, 0.3) is 0 Å². The van der Waals surface area contributed by atoms with Crippen LogP contribution in [0.4, 0.5) is 0 Å². The lowest BCUT2D eigenvalue weighted by atomic mass is 9.80. The van der Waals surface area contributed by atoms with Crippen molar-refractivity contribution in [2.24, 2.45) is 5.92 Å². The van der Waals surface area contributed by atoms with Gasteiger partial charge in [-0.1, -0.05) is 65.3 Å². The Morgan fingerprint density at radius 3 is 2.28 bits per heavy atom. The van der Waals surface area contributed by atoms with Gasteiger partial charge in [-0.3, -0.25) is 0 Å². The molecule has 0 aromatic heterocycles. The van der Waals surface area contributed by atoms with Crippen LogP contribution in [0.15, 0.2) is 24.3 Å². The lowest BCUT2D eigenvalue weighted by Crippen LogP contribution is -2.24. The summed E-state index contributed by atoms with van der Waals surface area (Å²) in [5.74, 6) is 0.760. The zero-order valence-electron chi connectivity index (χ0n) is 12.9. The first-order valence-electron chi connectivity index (χ1n) is 7.16. The van der Waals surface area contributed by atoms with Crippen molar-refractivity contribution in [3.63, 3.8) is 0 Å². The molecular weight excluding hydrogens is 218 g/mol. The highest BCUT2D eigenvalue weighted by atomic mass is 14.9. The summed E-state index contributed by atoms with van der Waals surface area (Å²) < 4.78 is 0. The first-order valence-corrected chi connectivity index (χ1v) is 7.16. The Kier molecular flexibility index (Phi) is 5.40. The normalized spacial score (nSPS) is 15.4. The van der Waals surface area contributed by atoms with Gasteiger partial charge in [-0.15, -0.1) is 0 Å². The quantitative estimate of drug-likeness (QED) is 0.796. The molecule has 0 aliphatic rings. The fourth-order valence-corrected chi connectivity index (χ4v) is 2.45. The minimum Gasteiger partial charge on any atom is -0.313 e. The van der Waals surface area contributed by atoms with Gasteiger partial charge in [0.1, 0.15) is 0 Å². The highest BCUT2D eigenvalue weighted by Gasteiger charge is 2.22. The van der Waals surface area contributed by atoms with Crippen LogP contribution >= 0.6 is 0 Å². The van der Waals surface area contributed by atoms with Crippen LogP contribution in [0.25, 0.3) is 0 Å². The van der Waals surface area contributed by atoms with Gasteiger partial charge in [-0.2, -0.15) is 0 Å². The Hall–Kier alpha value is -0.820. The van der Waals surface area contributed by atoms with Crippen LogP contribution in [0.3, 0.4) is 0 Å². The largest absolute Gasteiger partial charge is 0.313 e. The summed E-state index contributed by atoms with van der Waals surface area (Å²) >= 11 is 0. The highest BCUT2D eigenvalue weighted by Crippen LogP contribution is 2.32. The molecular formula is C17H29N. The van der Waals surface area contributed by atoms with E-state index < -0.39 is 0 Å². The smallest absolute Gasteiger partial charge is 0.0323 e. The third-order valence-corrected chi connectivity index (χ3v) is 3.83. The van der Waals surface area contributed by atoms with Gasteiger partial charge in [0.2, 0.25) is 0 Å². The van der Waals surface area contributed by atoms with Crippen molar-refractivity contribution in [1.82, 2.24) is 5.32 Å². The standard InChI is InChI=1S/C17H29N/c1-7-13(2)12-16(18-6)14-10-8-9-11-15(14)17(3,4)5/h8-11,13,16,18H,7,12H2,1-6H3. The second-order valence-electron chi connectivity index (χ2n) is 6.43. The minimum absolute atomic E-state index is 0.209. The summed E-state index contributed by atoms with van der Waals surface area (Å²) in [6.45, 7) is 11.5. The van der Waals surface area contributed by atoms with Gasteiger partial charge in [0, 0.05) is 6.04 Å². The van der Waals surface area contributed by atoms with Gasteiger partial charge >= 0.3 is 0 Å². The topological polar surface area (TPSA) is 12.0 Å². The monoisotopic (exact) mass is 247 g/mol. The first-order chi connectivity index (χ1) is 8.40. The van der Waals surface area contributed by atoms with Crippen molar-refractivity contribution < 1.29 is 0 Å². The minimum atomic E-state index is 0.209.